The summed E-state index contributed by atoms with van der Waals surface area (Å²) in [6.45, 7) is 3.46. The van der Waals surface area contributed by atoms with Gasteiger partial charge in [-0.25, -0.2) is 4.79 Å². The van der Waals surface area contributed by atoms with E-state index in [4.69, 9.17) is 0 Å². The summed E-state index contributed by atoms with van der Waals surface area (Å²) in [5.74, 6) is 0. The Morgan fingerprint density at radius 2 is 2.12 bits per heavy atom. The molecule has 0 bridgehead atoms. The number of benzene rings is 1. The van der Waals surface area contributed by atoms with Crippen LogP contribution in [0.2, 0.25) is 0 Å². The molecule has 2 amide bonds. The Hall–Kier alpha value is -0.820. The van der Waals surface area contributed by atoms with Gasteiger partial charge in [0.2, 0.25) is 0 Å². The van der Waals surface area contributed by atoms with E-state index in [2.05, 4.69) is 33.2 Å². The van der Waals surface area contributed by atoms with E-state index >= 15 is 0 Å². The van der Waals surface area contributed by atoms with Gasteiger partial charge in [-0.3, -0.25) is 0 Å². The molecule has 0 saturated carbocycles. The first-order valence-corrected chi connectivity index (χ1v) is 6.52. The molecular weight excluding hydrogens is 329 g/mol. The van der Waals surface area contributed by atoms with E-state index in [0.717, 1.165) is 17.8 Å². The van der Waals surface area contributed by atoms with Gasteiger partial charge in [0.25, 0.3) is 0 Å². The fourth-order valence-corrected chi connectivity index (χ4v) is 1.97. The van der Waals surface area contributed by atoms with Gasteiger partial charge in [-0.15, -0.1) is 0 Å². The molecule has 0 atom stereocenters. The molecule has 17 heavy (non-hydrogen) atoms. The first-order chi connectivity index (χ1) is 7.99. The normalized spacial score (nSPS) is 10.4. The molecule has 4 nitrogen and oxygen atoms in total. The molecule has 0 saturated heterocycles. The maximum atomic E-state index is 11.6. The van der Waals surface area contributed by atoms with Crippen molar-refractivity contribution in [2.75, 3.05) is 32.5 Å². The number of urea groups is 1. The molecule has 94 valence electrons. The zero-order chi connectivity index (χ0) is 12.8. The molecule has 0 spiro atoms. The van der Waals surface area contributed by atoms with E-state index in [0.29, 0.717) is 6.54 Å². The first kappa shape index (κ1) is 14.2. The third kappa shape index (κ3) is 5.36. The van der Waals surface area contributed by atoms with Crippen molar-refractivity contribution >= 4 is 34.3 Å². The van der Waals surface area contributed by atoms with Crippen molar-refractivity contribution in [2.24, 2.45) is 0 Å². The topological polar surface area (TPSA) is 44.4 Å². The number of nitrogens with one attached hydrogen (secondary N) is 2. The van der Waals surface area contributed by atoms with E-state index in [-0.39, 0.29) is 6.03 Å². The van der Waals surface area contributed by atoms with Crippen LogP contribution in [0.4, 0.5) is 10.5 Å². The third-order valence-electron chi connectivity index (χ3n) is 2.28. The van der Waals surface area contributed by atoms with Crippen LogP contribution in [0.3, 0.4) is 0 Å². The average molecular weight is 347 g/mol. The van der Waals surface area contributed by atoms with Gasteiger partial charge in [-0.1, -0.05) is 0 Å². The average Bonchev–Trinajstić information content (AvgIpc) is 2.21. The van der Waals surface area contributed by atoms with Gasteiger partial charge >= 0.3 is 6.03 Å². The lowest BCUT2D eigenvalue weighted by atomic mass is 10.2. The van der Waals surface area contributed by atoms with Crippen LogP contribution in [0, 0.1) is 10.5 Å². The number of aryl methyl sites for hydroxylation is 1. The number of rotatable bonds is 4. The second-order valence-electron chi connectivity index (χ2n) is 4.14. The highest BCUT2D eigenvalue weighted by atomic mass is 127. The molecule has 1 aromatic rings. The number of carbonyl (C=O) groups excluding carboxylic acids is 1. The Kier molecular flexibility index (Phi) is 5.70. The van der Waals surface area contributed by atoms with Crippen LogP contribution in [-0.2, 0) is 0 Å². The van der Waals surface area contributed by atoms with Gasteiger partial charge in [0.15, 0.2) is 0 Å². The Labute approximate surface area is 116 Å². The van der Waals surface area contributed by atoms with Gasteiger partial charge in [0.1, 0.15) is 0 Å². The number of hydrogen-bond acceptors (Lipinski definition) is 2. The molecule has 5 heteroatoms. The zero-order valence-corrected chi connectivity index (χ0v) is 12.5. The van der Waals surface area contributed by atoms with E-state index in [1.165, 1.54) is 3.57 Å². The van der Waals surface area contributed by atoms with Crippen molar-refractivity contribution in [1.82, 2.24) is 10.2 Å². The van der Waals surface area contributed by atoms with Crippen molar-refractivity contribution in [1.29, 1.82) is 0 Å². The zero-order valence-electron chi connectivity index (χ0n) is 10.4. The lowest BCUT2D eigenvalue weighted by molar-refractivity contribution is 0.250. The molecule has 1 aromatic carbocycles. The minimum Gasteiger partial charge on any atom is -0.337 e. The molecule has 0 heterocycles. The van der Waals surface area contributed by atoms with Crippen molar-refractivity contribution in [2.45, 2.75) is 6.92 Å². The van der Waals surface area contributed by atoms with Crippen LogP contribution >= 0.6 is 22.6 Å². The van der Waals surface area contributed by atoms with Crippen molar-refractivity contribution < 1.29 is 4.79 Å². The number of halogens is 1. The summed E-state index contributed by atoms with van der Waals surface area (Å²) in [7, 11) is 3.95. The fraction of sp³-hybridized carbons (Fsp3) is 0.417. The number of likely N-dealkylation sites (N-methyl/N-ethyl adjacent to an activating group) is 1. The second kappa shape index (κ2) is 6.80. The molecule has 2 N–H and O–H groups in total. The lowest BCUT2D eigenvalue weighted by Gasteiger charge is -2.12. The predicted molar refractivity (Wildman–Crippen MR) is 79.5 cm³/mol. The SMILES string of the molecule is Cc1cc(I)ccc1NC(=O)NCCN(C)C. The highest BCUT2D eigenvalue weighted by Crippen LogP contribution is 2.17. The summed E-state index contributed by atoms with van der Waals surface area (Å²) < 4.78 is 1.17. The third-order valence-corrected chi connectivity index (χ3v) is 2.95. The number of nitrogens with zero attached hydrogens (tertiary/aromatic N) is 1. The molecule has 0 aliphatic heterocycles. The van der Waals surface area contributed by atoms with Crippen LogP contribution in [0.15, 0.2) is 18.2 Å². The minimum atomic E-state index is -0.156. The summed E-state index contributed by atoms with van der Waals surface area (Å²) in [4.78, 5) is 13.6. The quantitative estimate of drug-likeness (QED) is 0.821. The summed E-state index contributed by atoms with van der Waals surface area (Å²) in [5.41, 5.74) is 1.92. The van der Waals surface area contributed by atoms with Gasteiger partial charge in [0, 0.05) is 22.3 Å². The fourth-order valence-electron chi connectivity index (χ4n) is 1.33. The van der Waals surface area contributed by atoms with Crippen LogP contribution in [0.5, 0.6) is 0 Å². The molecule has 0 aliphatic rings. The molecular formula is C12H18IN3O. The predicted octanol–water partition coefficient (Wildman–Crippen LogP) is 2.28. The Morgan fingerprint density at radius 1 is 1.41 bits per heavy atom. The highest BCUT2D eigenvalue weighted by Gasteiger charge is 2.04. The standard InChI is InChI=1S/C12H18IN3O/c1-9-8-10(13)4-5-11(9)15-12(17)14-6-7-16(2)3/h4-5,8H,6-7H2,1-3H3,(H2,14,15,17). The molecule has 0 fully saturated rings. The monoisotopic (exact) mass is 347 g/mol. The first-order valence-electron chi connectivity index (χ1n) is 5.45. The maximum Gasteiger partial charge on any atom is 0.319 e. The molecule has 0 unspecified atom stereocenters. The van der Waals surface area contributed by atoms with Crippen LogP contribution < -0.4 is 10.6 Å². The van der Waals surface area contributed by atoms with Crippen molar-refractivity contribution in [3.05, 3.63) is 27.3 Å². The summed E-state index contributed by atoms with van der Waals surface area (Å²) in [5, 5.41) is 5.65. The van der Waals surface area contributed by atoms with Gasteiger partial charge in [0.05, 0.1) is 0 Å². The maximum absolute atomic E-state index is 11.6. The van der Waals surface area contributed by atoms with Gasteiger partial charge in [-0.2, -0.15) is 0 Å². The number of anilines is 1. The van der Waals surface area contributed by atoms with Crippen molar-refractivity contribution in [3.8, 4) is 0 Å². The highest BCUT2D eigenvalue weighted by molar-refractivity contribution is 14.1. The van der Waals surface area contributed by atoms with Gasteiger partial charge in [-0.05, 0) is 67.4 Å². The molecule has 0 aliphatic carbocycles. The minimum absolute atomic E-state index is 0.156. The second-order valence-corrected chi connectivity index (χ2v) is 5.39. The van der Waals surface area contributed by atoms with Crippen molar-refractivity contribution in [3.63, 3.8) is 0 Å². The molecule has 0 radical (unpaired) electrons. The summed E-state index contributed by atoms with van der Waals surface area (Å²) >= 11 is 2.25. The number of hydrogen-bond donors (Lipinski definition) is 2. The number of carbonyl (C=O) groups is 1. The van der Waals surface area contributed by atoms with Gasteiger partial charge < -0.3 is 15.5 Å². The smallest absolute Gasteiger partial charge is 0.319 e. The largest absolute Gasteiger partial charge is 0.337 e. The Morgan fingerprint density at radius 3 is 2.71 bits per heavy atom. The number of amides is 2. The Balaban J connectivity index is 2.45. The lowest BCUT2D eigenvalue weighted by Crippen LogP contribution is -2.34. The summed E-state index contributed by atoms with van der Waals surface area (Å²) in [6, 6.07) is 5.78. The van der Waals surface area contributed by atoms with E-state index < -0.39 is 0 Å². The summed E-state index contributed by atoms with van der Waals surface area (Å²) in [6.07, 6.45) is 0. The Bertz CT molecular complexity index is 393. The molecule has 1 rings (SSSR count). The van der Waals surface area contributed by atoms with Crippen LogP contribution in [-0.4, -0.2) is 38.1 Å². The van der Waals surface area contributed by atoms with Crippen LogP contribution in [0.1, 0.15) is 5.56 Å². The molecule has 0 aromatic heterocycles. The van der Waals surface area contributed by atoms with E-state index in [1.807, 2.05) is 44.1 Å². The van der Waals surface area contributed by atoms with Crippen LogP contribution in [0.25, 0.3) is 0 Å². The van der Waals surface area contributed by atoms with E-state index in [9.17, 15) is 4.79 Å². The van der Waals surface area contributed by atoms with E-state index in [1.54, 1.807) is 0 Å².